The van der Waals surface area contributed by atoms with E-state index in [0.29, 0.717) is 5.57 Å². The Morgan fingerprint density at radius 3 is 2.10 bits per heavy atom. The summed E-state index contributed by atoms with van der Waals surface area (Å²) in [6.07, 6.45) is 12.9. The van der Waals surface area contributed by atoms with Gasteiger partial charge in [0, 0.05) is 0 Å². The number of carboxylic acids is 1. The van der Waals surface area contributed by atoms with Crippen molar-refractivity contribution < 1.29 is 9.90 Å². The number of aliphatic carboxylic acids is 1. The second-order valence-electron chi connectivity index (χ2n) is 5.55. The molecular formula is C19H28O2. The molecule has 0 heterocycles. The summed E-state index contributed by atoms with van der Waals surface area (Å²) in [6, 6.07) is 9.37. The SMILES string of the molecule is CCCCCCCCCCC=C(C(=O)O)c1ccccc1. The fourth-order valence-corrected chi connectivity index (χ4v) is 2.47. The number of unbranched alkanes of at least 4 members (excludes halogenated alkanes) is 8. The Hall–Kier alpha value is -1.57. The van der Waals surface area contributed by atoms with E-state index >= 15 is 0 Å². The Morgan fingerprint density at radius 1 is 0.952 bits per heavy atom. The van der Waals surface area contributed by atoms with Gasteiger partial charge in [-0.3, -0.25) is 0 Å². The van der Waals surface area contributed by atoms with E-state index in [2.05, 4.69) is 6.92 Å². The molecule has 0 aliphatic carbocycles. The van der Waals surface area contributed by atoms with E-state index in [-0.39, 0.29) is 0 Å². The van der Waals surface area contributed by atoms with E-state index in [0.717, 1.165) is 18.4 Å². The number of rotatable bonds is 11. The van der Waals surface area contributed by atoms with Gasteiger partial charge in [0.1, 0.15) is 0 Å². The molecule has 0 radical (unpaired) electrons. The fraction of sp³-hybridized carbons (Fsp3) is 0.526. The van der Waals surface area contributed by atoms with Gasteiger partial charge < -0.3 is 5.11 Å². The molecule has 1 aromatic carbocycles. The minimum Gasteiger partial charge on any atom is -0.478 e. The Morgan fingerprint density at radius 2 is 1.52 bits per heavy atom. The van der Waals surface area contributed by atoms with Crippen LogP contribution < -0.4 is 0 Å². The first kappa shape index (κ1) is 17.5. The largest absolute Gasteiger partial charge is 0.478 e. The number of carbonyl (C=O) groups is 1. The Labute approximate surface area is 128 Å². The van der Waals surface area contributed by atoms with Gasteiger partial charge in [-0.1, -0.05) is 88.3 Å². The molecular weight excluding hydrogens is 260 g/mol. The summed E-state index contributed by atoms with van der Waals surface area (Å²) in [5.74, 6) is -0.833. The highest BCUT2D eigenvalue weighted by molar-refractivity contribution is 6.15. The lowest BCUT2D eigenvalue weighted by Crippen LogP contribution is -1.99. The quantitative estimate of drug-likeness (QED) is 0.420. The maximum atomic E-state index is 11.3. The van der Waals surface area contributed by atoms with Gasteiger partial charge in [0.2, 0.25) is 0 Å². The van der Waals surface area contributed by atoms with Crippen LogP contribution in [0.1, 0.15) is 70.3 Å². The van der Waals surface area contributed by atoms with Gasteiger partial charge in [0.15, 0.2) is 0 Å². The maximum Gasteiger partial charge on any atom is 0.335 e. The molecule has 2 nitrogen and oxygen atoms in total. The van der Waals surface area contributed by atoms with Gasteiger partial charge in [-0.05, 0) is 18.4 Å². The van der Waals surface area contributed by atoms with Crippen LogP contribution in [0.4, 0.5) is 0 Å². The smallest absolute Gasteiger partial charge is 0.335 e. The third-order valence-corrected chi connectivity index (χ3v) is 3.72. The average molecular weight is 288 g/mol. The maximum absolute atomic E-state index is 11.3. The van der Waals surface area contributed by atoms with Crippen molar-refractivity contribution in [2.45, 2.75) is 64.7 Å². The summed E-state index contributed by atoms with van der Waals surface area (Å²) in [4.78, 5) is 11.3. The summed E-state index contributed by atoms with van der Waals surface area (Å²) in [5.41, 5.74) is 1.23. The van der Waals surface area contributed by atoms with Crippen molar-refractivity contribution in [3.63, 3.8) is 0 Å². The monoisotopic (exact) mass is 288 g/mol. The third kappa shape index (κ3) is 7.69. The lowest BCUT2D eigenvalue weighted by molar-refractivity contribution is -0.130. The molecule has 0 atom stereocenters. The van der Waals surface area contributed by atoms with Crippen LogP contribution in [0, 0.1) is 0 Å². The summed E-state index contributed by atoms with van der Waals surface area (Å²) in [6.45, 7) is 2.24. The minimum atomic E-state index is -0.833. The molecule has 0 saturated carbocycles. The van der Waals surface area contributed by atoms with Gasteiger partial charge in [0.25, 0.3) is 0 Å². The van der Waals surface area contributed by atoms with Crippen molar-refractivity contribution in [2.75, 3.05) is 0 Å². The molecule has 0 aliphatic heterocycles. The molecule has 1 aromatic rings. The summed E-state index contributed by atoms with van der Waals surface area (Å²) in [5, 5.41) is 9.28. The minimum absolute atomic E-state index is 0.429. The van der Waals surface area contributed by atoms with Crippen LogP contribution in [0.3, 0.4) is 0 Å². The highest BCUT2D eigenvalue weighted by Gasteiger charge is 2.08. The molecule has 1 N–H and O–H groups in total. The standard InChI is InChI=1S/C19H28O2/c1-2-3-4-5-6-7-8-9-13-16-18(19(20)21)17-14-11-10-12-15-17/h10-12,14-16H,2-9,13H2,1H3,(H,20,21). The van der Waals surface area contributed by atoms with Crippen molar-refractivity contribution in [1.82, 2.24) is 0 Å². The van der Waals surface area contributed by atoms with Crippen molar-refractivity contribution >= 4 is 11.5 Å². The normalized spacial score (nSPS) is 11.6. The first-order valence-electron chi connectivity index (χ1n) is 8.24. The van der Waals surface area contributed by atoms with E-state index in [9.17, 15) is 9.90 Å². The zero-order valence-electron chi connectivity index (χ0n) is 13.2. The molecule has 116 valence electrons. The summed E-state index contributed by atoms with van der Waals surface area (Å²) in [7, 11) is 0. The summed E-state index contributed by atoms with van der Waals surface area (Å²) >= 11 is 0. The van der Waals surface area contributed by atoms with E-state index in [1.54, 1.807) is 0 Å². The topological polar surface area (TPSA) is 37.3 Å². The van der Waals surface area contributed by atoms with Crippen LogP contribution in [0.2, 0.25) is 0 Å². The first-order valence-corrected chi connectivity index (χ1v) is 8.24. The molecule has 0 spiro atoms. The van der Waals surface area contributed by atoms with E-state index in [1.165, 1.54) is 44.9 Å². The van der Waals surface area contributed by atoms with E-state index in [1.807, 2.05) is 36.4 Å². The number of carboxylic acid groups (broad SMARTS) is 1. The third-order valence-electron chi connectivity index (χ3n) is 3.72. The van der Waals surface area contributed by atoms with E-state index in [4.69, 9.17) is 0 Å². The Balaban J connectivity index is 2.25. The molecule has 0 unspecified atom stereocenters. The van der Waals surface area contributed by atoms with Crippen molar-refractivity contribution in [1.29, 1.82) is 0 Å². The second-order valence-corrected chi connectivity index (χ2v) is 5.55. The molecule has 0 aliphatic rings. The van der Waals surface area contributed by atoms with Gasteiger partial charge >= 0.3 is 5.97 Å². The Kier molecular flexibility index (Phi) is 9.26. The molecule has 0 saturated heterocycles. The number of hydrogen-bond acceptors (Lipinski definition) is 1. The molecule has 0 aromatic heterocycles. The zero-order valence-corrected chi connectivity index (χ0v) is 13.2. The predicted octanol–water partition coefficient (Wildman–Crippen LogP) is 5.69. The van der Waals surface area contributed by atoms with Crippen molar-refractivity contribution in [3.8, 4) is 0 Å². The zero-order chi connectivity index (χ0) is 15.3. The van der Waals surface area contributed by atoms with Gasteiger partial charge in [-0.25, -0.2) is 4.79 Å². The molecule has 0 fully saturated rings. The van der Waals surface area contributed by atoms with Gasteiger partial charge in [-0.15, -0.1) is 0 Å². The number of allylic oxidation sites excluding steroid dienone is 1. The number of benzene rings is 1. The predicted molar refractivity (Wildman–Crippen MR) is 89.3 cm³/mol. The van der Waals surface area contributed by atoms with E-state index < -0.39 is 5.97 Å². The fourth-order valence-electron chi connectivity index (χ4n) is 2.47. The first-order chi connectivity index (χ1) is 10.3. The van der Waals surface area contributed by atoms with Crippen LogP contribution in [0.15, 0.2) is 36.4 Å². The molecule has 1 rings (SSSR count). The lowest BCUT2D eigenvalue weighted by atomic mass is 10.0. The van der Waals surface area contributed by atoms with Crippen LogP contribution >= 0.6 is 0 Å². The highest BCUT2D eigenvalue weighted by Crippen LogP contribution is 2.17. The second kappa shape index (κ2) is 11.1. The molecule has 0 amide bonds. The van der Waals surface area contributed by atoms with Crippen LogP contribution in [0.25, 0.3) is 5.57 Å². The van der Waals surface area contributed by atoms with Crippen molar-refractivity contribution in [3.05, 3.63) is 42.0 Å². The highest BCUT2D eigenvalue weighted by atomic mass is 16.4. The van der Waals surface area contributed by atoms with Gasteiger partial charge in [0.05, 0.1) is 5.57 Å². The molecule has 21 heavy (non-hydrogen) atoms. The average Bonchev–Trinajstić information content (AvgIpc) is 2.50. The number of hydrogen-bond donors (Lipinski definition) is 1. The van der Waals surface area contributed by atoms with Crippen LogP contribution in [-0.2, 0) is 4.79 Å². The summed E-state index contributed by atoms with van der Waals surface area (Å²) < 4.78 is 0. The van der Waals surface area contributed by atoms with Crippen LogP contribution in [0.5, 0.6) is 0 Å². The van der Waals surface area contributed by atoms with Crippen molar-refractivity contribution in [2.24, 2.45) is 0 Å². The Bertz CT molecular complexity index is 420. The van der Waals surface area contributed by atoms with Crippen LogP contribution in [-0.4, -0.2) is 11.1 Å². The molecule has 2 heteroatoms. The lowest BCUT2D eigenvalue weighted by Gasteiger charge is -2.03. The van der Waals surface area contributed by atoms with Gasteiger partial charge in [-0.2, -0.15) is 0 Å². The molecule has 0 bridgehead atoms.